The van der Waals surface area contributed by atoms with Crippen LogP contribution in [0.3, 0.4) is 0 Å². The molecule has 1 saturated heterocycles. The Labute approximate surface area is 123 Å². The highest BCUT2D eigenvalue weighted by molar-refractivity contribution is 6.32. The summed E-state index contributed by atoms with van der Waals surface area (Å²) >= 11 is 6.12. The van der Waals surface area contributed by atoms with Crippen molar-refractivity contribution in [3.63, 3.8) is 0 Å². The molecule has 0 spiro atoms. The largest absolute Gasteiger partial charge is 0.379 e. The number of halogens is 1. The number of ether oxygens (including phenoxy) is 1. The molecule has 110 valence electrons. The van der Waals surface area contributed by atoms with Crippen LogP contribution < -0.4 is 10.9 Å². The van der Waals surface area contributed by atoms with Gasteiger partial charge >= 0.3 is 0 Å². The van der Waals surface area contributed by atoms with Gasteiger partial charge in [-0.25, -0.2) is 4.68 Å². The molecule has 0 radical (unpaired) electrons. The number of hydrogen-bond acceptors (Lipinski definition) is 4. The quantitative estimate of drug-likeness (QED) is 0.867. The van der Waals surface area contributed by atoms with Crippen LogP contribution in [0.2, 0.25) is 5.02 Å². The van der Waals surface area contributed by atoms with Gasteiger partial charge in [0.05, 0.1) is 24.0 Å². The Kier molecular flexibility index (Phi) is 4.50. The van der Waals surface area contributed by atoms with Crippen LogP contribution in [0.5, 0.6) is 0 Å². The molecule has 0 aromatic carbocycles. The molecule has 1 N–H and O–H groups in total. The van der Waals surface area contributed by atoms with E-state index in [0.29, 0.717) is 18.8 Å². The number of allylic oxidation sites excluding steroid dienone is 1. The molecule has 1 aliphatic heterocycles. The molecule has 5 nitrogen and oxygen atoms in total. The van der Waals surface area contributed by atoms with Crippen LogP contribution in [0, 0.1) is 0 Å². The van der Waals surface area contributed by atoms with Crippen molar-refractivity contribution in [3.8, 4) is 0 Å². The molecule has 0 aliphatic carbocycles. The zero-order valence-corrected chi connectivity index (χ0v) is 12.6. The van der Waals surface area contributed by atoms with Crippen LogP contribution in [-0.2, 0) is 11.3 Å². The lowest BCUT2D eigenvalue weighted by atomic mass is 9.94. The van der Waals surface area contributed by atoms with Crippen molar-refractivity contribution in [2.24, 2.45) is 0 Å². The topological polar surface area (TPSA) is 56.1 Å². The fourth-order valence-corrected chi connectivity index (χ4v) is 2.59. The second-order valence-corrected chi connectivity index (χ2v) is 5.97. The molecule has 2 rings (SSSR count). The summed E-state index contributed by atoms with van der Waals surface area (Å²) in [4.78, 5) is 12.0. The van der Waals surface area contributed by atoms with Gasteiger partial charge in [-0.3, -0.25) is 4.79 Å². The molecular weight excluding hydrogens is 278 g/mol. The summed E-state index contributed by atoms with van der Waals surface area (Å²) in [5, 5.41) is 7.56. The van der Waals surface area contributed by atoms with Gasteiger partial charge in [-0.15, -0.1) is 6.58 Å². The van der Waals surface area contributed by atoms with Crippen LogP contribution in [-0.4, -0.2) is 28.0 Å². The molecule has 1 aromatic heterocycles. The molecule has 1 fully saturated rings. The van der Waals surface area contributed by atoms with Crippen LogP contribution in [0.4, 0.5) is 5.69 Å². The molecule has 1 aliphatic rings. The first kappa shape index (κ1) is 15.1. The van der Waals surface area contributed by atoms with E-state index in [4.69, 9.17) is 16.3 Å². The Morgan fingerprint density at radius 3 is 3.10 bits per heavy atom. The van der Waals surface area contributed by atoms with Gasteiger partial charge in [-0.2, -0.15) is 5.10 Å². The molecular formula is C14H20ClN3O2. The number of rotatable bonds is 4. The summed E-state index contributed by atoms with van der Waals surface area (Å²) in [6, 6.07) is 0.229. The zero-order chi connectivity index (χ0) is 14.8. The van der Waals surface area contributed by atoms with E-state index in [-0.39, 0.29) is 22.2 Å². The van der Waals surface area contributed by atoms with Gasteiger partial charge in [0.1, 0.15) is 5.02 Å². The molecule has 0 saturated carbocycles. The minimum atomic E-state index is -0.303. The third-order valence-electron chi connectivity index (χ3n) is 3.34. The summed E-state index contributed by atoms with van der Waals surface area (Å²) in [6.07, 6.45) is 4.95. The first-order chi connectivity index (χ1) is 9.43. The molecule has 20 heavy (non-hydrogen) atoms. The highest BCUT2D eigenvalue weighted by Gasteiger charge is 2.29. The summed E-state index contributed by atoms with van der Waals surface area (Å²) in [6.45, 7) is 8.75. The first-order valence-corrected chi connectivity index (χ1v) is 7.08. The van der Waals surface area contributed by atoms with Crippen LogP contribution >= 0.6 is 11.6 Å². The van der Waals surface area contributed by atoms with E-state index in [9.17, 15) is 4.79 Å². The predicted molar refractivity (Wildman–Crippen MR) is 80.4 cm³/mol. The van der Waals surface area contributed by atoms with Crippen molar-refractivity contribution in [2.75, 3.05) is 11.9 Å². The summed E-state index contributed by atoms with van der Waals surface area (Å²) in [7, 11) is 0. The van der Waals surface area contributed by atoms with Crippen molar-refractivity contribution in [1.82, 2.24) is 9.78 Å². The van der Waals surface area contributed by atoms with Gasteiger partial charge in [-0.05, 0) is 26.7 Å². The molecule has 1 atom stereocenters. The summed E-state index contributed by atoms with van der Waals surface area (Å²) in [5.74, 6) is 0. The van der Waals surface area contributed by atoms with Gasteiger partial charge in [0.2, 0.25) is 0 Å². The van der Waals surface area contributed by atoms with Gasteiger partial charge in [0, 0.05) is 12.6 Å². The fraction of sp³-hybridized carbons (Fsp3) is 0.571. The van der Waals surface area contributed by atoms with E-state index in [1.165, 1.54) is 4.68 Å². The standard InChI is InChI=1S/C14H20ClN3O2/c1-4-6-18-13(19)12(15)11(9-16-18)17-10-5-7-20-14(2,3)8-10/h4,9-10,17H,1,5-8H2,2-3H3. The Morgan fingerprint density at radius 2 is 2.45 bits per heavy atom. The third kappa shape index (κ3) is 3.41. The minimum Gasteiger partial charge on any atom is -0.379 e. The lowest BCUT2D eigenvalue weighted by Crippen LogP contribution is -2.40. The minimum absolute atomic E-state index is 0.159. The van der Waals surface area contributed by atoms with E-state index >= 15 is 0 Å². The van der Waals surface area contributed by atoms with E-state index in [1.54, 1.807) is 12.3 Å². The lowest BCUT2D eigenvalue weighted by molar-refractivity contribution is -0.0553. The molecule has 0 bridgehead atoms. The van der Waals surface area contributed by atoms with Crippen molar-refractivity contribution in [2.45, 2.75) is 44.9 Å². The van der Waals surface area contributed by atoms with Gasteiger partial charge in [0.15, 0.2) is 0 Å². The Morgan fingerprint density at radius 1 is 1.70 bits per heavy atom. The maximum Gasteiger partial charge on any atom is 0.287 e. The second kappa shape index (κ2) is 5.97. The van der Waals surface area contributed by atoms with Gasteiger partial charge in [-0.1, -0.05) is 17.7 Å². The second-order valence-electron chi connectivity index (χ2n) is 5.59. The van der Waals surface area contributed by atoms with Crippen molar-refractivity contribution >= 4 is 17.3 Å². The number of nitrogens with zero attached hydrogens (tertiary/aromatic N) is 2. The number of nitrogens with one attached hydrogen (secondary N) is 1. The van der Waals surface area contributed by atoms with E-state index in [0.717, 1.165) is 12.8 Å². The van der Waals surface area contributed by atoms with Crippen LogP contribution in [0.25, 0.3) is 0 Å². The van der Waals surface area contributed by atoms with Crippen molar-refractivity contribution in [3.05, 3.63) is 34.2 Å². The average molecular weight is 298 g/mol. The van der Waals surface area contributed by atoms with Crippen molar-refractivity contribution < 1.29 is 4.74 Å². The number of aromatic nitrogens is 2. The van der Waals surface area contributed by atoms with Crippen LogP contribution in [0.1, 0.15) is 26.7 Å². The predicted octanol–water partition coefficient (Wildman–Crippen LogP) is 2.45. The summed E-state index contributed by atoms with van der Waals surface area (Å²) in [5.41, 5.74) is 0.121. The highest BCUT2D eigenvalue weighted by Crippen LogP contribution is 2.27. The van der Waals surface area contributed by atoms with E-state index in [2.05, 4.69) is 30.8 Å². The normalized spacial score (nSPS) is 21.4. The zero-order valence-electron chi connectivity index (χ0n) is 11.9. The Bertz CT molecular complexity index is 554. The molecule has 0 amide bonds. The molecule has 6 heteroatoms. The Balaban J connectivity index is 2.16. The number of anilines is 1. The SMILES string of the molecule is C=CCn1ncc(NC2CCOC(C)(C)C2)c(Cl)c1=O. The fourth-order valence-electron chi connectivity index (χ4n) is 2.39. The van der Waals surface area contributed by atoms with Crippen LogP contribution in [0.15, 0.2) is 23.6 Å². The molecule has 1 unspecified atom stereocenters. The average Bonchev–Trinajstić information content (AvgIpc) is 2.37. The van der Waals surface area contributed by atoms with Gasteiger partial charge < -0.3 is 10.1 Å². The van der Waals surface area contributed by atoms with Crippen molar-refractivity contribution in [1.29, 1.82) is 0 Å². The van der Waals surface area contributed by atoms with Gasteiger partial charge in [0.25, 0.3) is 5.56 Å². The molecule has 2 heterocycles. The number of hydrogen-bond donors (Lipinski definition) is 1. The lowest BCUT2D eigenvalue weighted by Gasteiger charge is -2.36. The molecule has 1 aromatic rings. The van der Waals surface area contributed by atoms with E-state index < -0.39 is 0 Å². The first-order valence-electron chi connectivity index (χ1n) is 6.70. The highest BCUT2D eigenvalue weighted by atomic mass is 35.5. The third-order valence-corrected chi connectivity index (χ3v) is 3.71. The summed E-state index contributed by atoms with van der Waals surface area (Å²) < 4.78 is 6.96. The monoisotopic (exact) mass is 297 g/mol. The maximum atomic E-state index is 12.0. The maximum absolute atomic E-state index is 12.0. The van der Waals surface area contributed by atoms with E-state index in [1.807, 2.05) is 0 Å². The smallest absolute Gasteiger partial charge is 0.287 e. The Hall–Kier alpha value is -1.33.